The van der Waals surface area contributed by atoms with E-state index in [0.29, 0.717) is 0 Å². The standard InChI is InChI=1S/C46H29NOS/c1-3-11-30(12-4-1)37-23-21-35(28-40(37)31-13-5-2-6-14-31)47(36-22-24-44-41(29-36)38-15-7-9-17-43(38)48-44)34-20-19-32-27-46-42(26-33(32)25-34)39-16-8-10-18-45(39)49-46/h1-29H. The molecule has 0 spiro atoms. The molecule has 3 heteroatoms. The molecule has 0 aliphatic carbocycles. The summed E-state index contributed by atoms with van der Waals surface area (Å²) in [5.74, 6) is 0. The topological polar surface area (TPSA) is 16.4 Å². The van der Waals surface area contributed by atoms with Crippen molar-refractivity contribution in [3.8, 4) is 22.3 Å². The van der Waals surface area contributed by atoms with Gasteiger partial charge >= 0.3 is 0 Å². The molecule has 0 saturated heterocycles. The van der Waals surface area contributed by atoms with E-state index in [1.54, 1.807) is 0 Å². The van der Waals surface area contributed by atoms with E-state index in [9.17, 15) is 0 Å². The van der Waals surface area contributed by atoms with Crippen molar-refractivity contribution in [2.24, 2.45) is 0 Å². The van der Waals surface area contributed by atoms with Crippen LogP contribution >= 0.6 is 11.3 Å². The third-order valence-electron chi connectivity index (χ3n) is 9.63. The van der Waals surface area contributed by atoms with E-state index in [1.807, 2.05) is 23.5 Å². The lowest BCUT2D eigenvalue weighted by Gasteiger charge is -2.27. The van der Waals surface area contributed by atoms with Crippen molar-refractivity contribution in [2.45, 2.75) is 0 Å². The van der Waals surface area contributed by atoms with Gasteiger partial charge in [-0.3, -0.25) is 0 Å². The summed E-state index contributed by atoms with van der Waals surface area (Å²) in [6, 6.07) is 63.4. The lowest BCUT2D eigenvalue weighted by atomic mass is 9.93. The van der Waals surface area contributed by atoms with E-state index in [-0.39, 0.29) is 0 Å². The fourth-order valence-corrected chi connectivity index (χ4v) is 8.43. The molecular formula is C46H29NOS. The Kier molecular flexibility index (Phi) is 6.39. The van der Waals surface area contributed by atoms with Crippen LogP contribution in [0, 0.1) is 0 Å². The zero-order valence-corrected chi connectivity index (χ0v) is 27.3. The monoisotopic (exact) mass is 643 g/mol. The van der Waals surface area contributed by atoms with Gasteiger partial charge in [-0.25, -0.2) is 0 Å². The molecule has 0 aliphatic heterocycles. The maximum absolute atomic E-state index is 6.25. The molecule has 230 valence electrons. The van der Waals surface area contributed by atoms with Crippen LogP contribution in [0.1, 0.15) is 0 Å². The van der Waals surface area contributed by atoms with Crippen LogP contribution in [0.2, 0.25) is 0 Å². The van der Waals surface area contributed by atoms with Gasteiger partial charge in [0.1, 0.15) is 11.2 Å². The number of benzene rings is 8. The van der Waals surface area contributed by atoms with E-state index in [0.717, 1.165) is 39.0 Å². The Labute approximate surface area is 287 Å². The zero-order chi connectivity index (χ0) is 32.3. The number of rotatable bonds is 5. The van der Waals surface area contributed by atoms with Crippen LogP contribution in [-0.4, -0.2) is 0 Å². The second kappa shape index (κ2) is 11.2. The molecule has 0 fully saturated rings. The molecule has 0 N–H and O–H groups in total. The molecule has 0 amide bonds. The Hall–Kier alpha value is -6.16. The Morgan fingerprint density at radius 3 is 1.84 bits per heavy atom. The summed E-state index contributed by atoms with van der Waals surface area (Å²) in [5, 5.41) is 7.30. The molecule has 49 heavy (non-hydrogen) atoms. The zero-order valence-electron chi connectivity index (χ0n) is 26.5. The molecule has 2 aromatic heterocycles. The molecule has 0 aliphatic rings. The predicted octanol–water partition coefficient (Wildman–Crippen LogP) is 13.9. The van der Waals surface area contributed by atoms with Crippen molar-refractivity contribution >= 4 is 81.3 Å². The molecule has 10 aromatic rings. The van der Waals surface area contributed by atoms with Crippen LogP contribution in [0.25, 0.3) is 75.1 Å². The average molecular weight is 644 g/mol. The van der Waals surface area contributed by atoms with Gasteiger partial charge in [0.05, 0.1) is 0 Å². The highest BCUT2D eigenvalue weighted by Gasteiger charge is 2.19. The van der Waals surface area contributed by atoms with Crippen molar-refractivity contribution in [3.63, 3.8) is 0 Å². The first-order chi connectivity index (χ1) is 24.3. The van der Waals surface area contributed by atoms with Gasteiger partial charge in [-0.1, -0.05) is 109 Å². The van der Waals surface area contributed by atoms with E-state index < -0.39 is 0 Å². The Morgan fingerprint density at radius 2 is 1.00 bits per heavy atom. The van der Waals surface area contributed by atoms with Crippen molar-refractivity contribution in [3.05, 3.63) is 176 Å². The Bertz CT molecular complexity index is 2830. The summed E-state index contributed by atoms with van der Waals surface area (Å²) >= 11 is 1.86. The number of thiophene rings is 1. The van der Waals surface area contributed by atoms with Gasteiger partial charge in [-0.15, -0.1) is 11.3 Å². The fraction of sp³-hybridized carbons (Fsp3) is 0. The van der Waals surface area contributed by atoms with Gasteiger partial charge in [0.2, 0.25) is 0 Å². The number of anilines is 3. The fourth-order valence-electron chi connectivity index (χ4n) is 7.29. The van der Waals surface area contributed by atoms with Gasteiger partial charge < -0.3 is 9.32 Å². The van der Waals surface area contributed by atoms with Crippen LogP contribution in [-0.2, 0) is 0 Å². The van der Waals surface area contributed by atoms with Gasteiger partial charge in [0, 0.05) is 48.0 Å². The average Bonchev–Trinajstić information content (AvgIpc) is 3.72. The highest BCUT2D eigenvalue weighted by molar-refractivity contribution is 7.25. The number of hydrogen-bond acceptors (Lipinski definition) is 3. The lowest BCUT2D eigenvalue weighted by Crippen LogP contribution is -2.10. The Morgan fingerprint density at radius 1 is 0.367 bits per heavy atom. The van der Waals surface area contributed by atoms with E-state index in [4.69, 9.17) is 4.42 Å². The lowest BCUT2D eigenvalue weighted by molar-refractivity contribution is 0.669. The predicted molar refractivity (Wildman–Crippen MR) is 210 cm³/mol. The van der Waals surface area contributed by atoms with Crippen LogP contribution < -0.4 is 4.90 Å². The van der Waals surface area contributed by atoms with E-state index >= 15 is 0 Å². The number of furan rings is 1. The minimum absolute atomic E-state index is 0.888. The second-order valence-corrected chi connectivity index (χ2v) is 13.6. The summed E-state index contributed by atoms with van der Waals surface area (Å²) in [5.41, 5.74) is 9.84. The smallest absolute Gasteiger partial charge is 0.135 e. The van der Waals surface area contributed by atoms with Crippen LogP contribution in [0.5, 0.6) is 0 Å². The van der Waals surface area contributed by atoms with Gasteiger partial charge in [-0.2, -0.15) is 0 Å². The van der Waals surface area contributed by atoms with Crippen LogP contribution in [0.3, 0.4) is 0 Å². The number of hydrogen-bond donors (Lipinski definition) is 0. The third-order valence-corrected chi connectivity index (χ3v) is 10.8. The molecule has 2 nitrogen and oxygen atoms in total. The molecular weight excluding hydrogens is 615 g/mol. The molecule has 8 aromatic carbocycles. The summed E-state index contributed by atoms with van der Waals surface area (Å²) in [7, 11) is 0. The first kappa shape index (κ1) is 27.9. The van der Waals surface area contributed by atoms with E-state index in [2.05, 4.69) is 169 Å². The van der Waals surface area contributed by atoms with Crippen molar-refractivity contribution in [1.29, 1.82) is 0 Å². The number of para-hydroxylation sites is 1. The molecule has 0 radical (unpaired) electrons. The summed E-state index contributed by atoms with van der Waals surface area (Å²) < 4.78 is 8.89. The number of nitrogens with zero attached hydrogens (tertiary/aromatic N) is 1. The number of fused-ring (bicyclic) bond motifs is 7. The molecule has 0 unspecified atom stereocenters. The highest BCUT2D eigenvalue weighted by atomic mass is 32.1. The third kappa shape index (κ3) is 4.70. The molecule has 0 bridgehead atoms. The quantitative estimate of drug-likeness (QED) is 0.186. The van der Waals surface area contributed by atoms with E-state index in [1.165, 1.54) is 53.2 Å². The first-order valence-electron chi connectivity index (χ1n) is 16.6. The van der Waals surface area contributed by atoms with Gasteiger partial charge in [-0.05, 0) is 99.8 Å². The van der Waals surface area contributed by atoms with Crippen molar-refractivity contribution in [1.82, 2.24) is 0 Å². The van der Waals surface area contributed by atoms with Gasteiger partial charge in [0.25, 0.3) is 0 Å². The van der Waals surface area contributed by atoms with Crippen LogP contribution in [0.4, 0.5) is 17.1 Å². The maximum Gasteiger partial charge on any atom is 0.135 e. The summed E-state index contributed by atoms with van der Waals surface area (Å²) in [6.07, 6.45) is 0. The summed E-state index contributed by atoms with van der Waals surface area (Å²) in [4.78, 5) is 2.39. The molecule has 0 atom stereocenters. The minimum Gasteiger partial charge on any atom is -0.456 e. The molecule has 10 rings (SSSR count). The SMILES string of the molecule is c1ccc(-c2ccc(N(c3ccc4cc5sc6ccccc6c5cc4c3)c3ccc4oc5ccccc5c4c3)cc2-c2ccccc2)cc1. The molecule has 2 heterocycles. The normalized spacial score (nSPS) is 11.7. The second-order valence-electron chi connectivity index (χ2n) is 12.6. The van der Waals surface area contributed by atoms with Crippen LogP contribution in [0.15, 0.2) is 180 Å². The van der Waals surface area contributed by atoms with Gasteiger partial charge in [0.15, 0.2) is 0 Å². The highest BCUT2D eigenvalue weighted by Crippen LogP contribution is 2.44. The summed E-state index contributed by atoms with van der Waals surface area (Å²) in [6.45, 7) is 0. The van der Waals surface area contributed by atoms with Crippen molar-refractivity contribution < 1.29 is 4.42 Å². The largest absolute Gasteiger partial charge is 0.456 e. The Balaban J connectivity index is 1.22. The minimum atomic E-state index is 0.888. The first-order valence-corrected chi connectivity index (χ1v) is 17.4. The maximum atomic E-state index is 6.25. The van der Waals surface area contributed by atoms with Crippen molar-refractivity contribution in [2.75, 3.05) is 4.90 Å². The molecule has 0 saturated carbocycles.